The highest BCUT2D eigenvalue weighted by Gasteiger charge is 2.29. The Balaban J connectivity index is 1.92. The number of rotatable bonds is 1. The van der Waals surface area contributed by atoms with Crippen molar-refractivity contribution in [2.45, 2.75) is 51.0 Å². The molecule has 0 aliphatic carbocycles. The van der Waals surface area contributed by atoms with Crippen molar-refractivity contribution in [3.63, 3.8) is 0 Å². The van der Waals surface area contributed by atoms with Crippen molar-refractivity contribution in [2.24, 2.45) is 0 Å². The number of halogens is 1. The standard InChI is InChI=1S/C14H22BrN3/c1-10-4-3-5-12-13(15)16-14(18(10)12)11-6-8-17(2)9-7-11/h10-11H,3-9H2,1-2H3. The lowest BCUT2D eigenvalue weighted by Gasteiger charge is -2.31. The summed E-state index contributed by atoms with van der Waals surface area (Å²) < 4.78 is 3.63. The lowest BCUT2D eigenvalue weighted by Crippen LogP contribution is -2.31. The molecule has 3 heterocycles. The highest BCUT2D eigenvalue weighted by Crippen LogP contribution is 2.36. The van der Waals surface area contributed by atoms with E-state index in [9.17, 15) is 0 Å². The maximum Gasteiger partial charge on any atom is 0.127 e. The number of aromatic nitrogens is 2. The van der Waals surface area contributed by atoms with Gasteiger partial charge in [0.05, 0.1) is 5.69 Å². The molecule has 0 bridgehead atoms. The van der Waals surface area contributed by atoms with Crippen molar-refractivity contribution >= 4 is 15.9 Å². The van der Waals surface area contributed by atoms with Gasteiger partial charge in [-0.1, -0.05) is 0 Å². The summed E-state index contributed by atoms with van der Waals surface area (Å²) in [5.74, 6) is 2.00. The van der Waals surface area contributed by atoms with Crippen LogP contribution in [0.25, 0.3) is 0 Å². The van der Waals surface area contributed by atoms with E-state index >= 15 is 0 Å². The smallest absolute Gasteiger partial charge is 0.127 e. The van der Waals surface area contributed by atoms with Crippen molar-refractivity contribution in [3.8, 4) is 0 Å². The third kappa shape index (κ3) is 2.14. The summed E-state index contributed by atoms with van der Waals surface area (Å²) in [7, 11) is 2.22. The van der Waals surface area contributed by atoms with Crippen molar-refractivity contribution in [3.05, 3.63) is 16.1 Å². The molecule has 100 valence electrons. The number of piperidine rings is 1. The maximum atomic E-state index is 4.85. The Labute approximate surface area is 118 Å². The van der Waals surface area contributed by atoms with Crippen molar-refractivity contribution in [1.82, 2.24) is 14.5 Å². The molecule has 2 aliphatic heterocycles. The second kappa shape index (κ2) is 4.97. The number of likely N-dealkylation sites (tertiary alicyclic amines) is 1. The van der Waals surface area contributed by atoms with Gasteiger partial charge in [-0.3, -0.25) is 0 Å². The first-order chi connectivity index (χ1) is 8.66. The van der Waals surface area contributed by atoms with E-state index in [1.807, 2.05) is 0 Å². The van der Waals surface area contributed by atoms with E-state index in [1.165, 1.54) is 56.7 Å². The van der Waals surface area contributed by atoms with Crippen LogP contribution in [-0.2, 0) is 6.42 Å². The SMILES string of the molecule is CC1CCCc2c(Br)nc(C3CCN(C)CC3)n21. The van der Waals surface area contributed by atoms with Gasteiger partial charge in [0.2, 0.25) is 0 Å². The Hall–Kier alpha value is -0.350. The van der Waals surface area contributed by atoms with E-state index in [0.29, 0.717) is 12.0 Å². The molecule has 0 aromatic carbocycles. The zero-order chi connectivity index (χ0) is 12.7. The van der Waals surface area contributed by atoms with Crippen LogP contribution in [0.5, 0.6) is 0 Å². The number of hydrogen-bond donors (Lipinski definition) is 0. The molecular formula is C14H22BrN3. The molecule has 1 aromatic rings. The van der Waals surface area contributed by atoms with Gasteiger partial charge in [0, 0.05) is 12.0 Å². The molecule has 1 saturated heterocycles. The van der Waals surface area contributed by atoms with Gasteiger partial charge in [0.15, 0.2) is 0 Å². The third-order valence-corrected chi connectivity index (χ3v) is 5.18. The Morgan fingerprint density at radius 1 is 1.22 bits per heavy atom. The molecule has 2 aliphatic rings. The second-order valence-electron chi connectivity index (χ2n) is 5.90. The topological polar surface area (TPSA) is 21.1 Å². The van der Waals surface area contributed by atoms with Crippen LogP contribution in [0.2, 0.25) is 0 Å². The highest BCUT2D eigenvalue weighted by atomic mass is 79.9. The minimum absolute atomic E-state index is 0.627. The maximum absolute atomic E-state index is 4.85. The summed E-state index contributed by atoms with van der Waals surface area (Å²) in [6.45, 7) is 4.76. The minimum atomic E-state index is 0.627. The summed E-state index contributed by atoms with van der Waals surface area (Å²) in [6.07, 6.45) is 6.30. The van der Waals surface area contributed by atoms with Crippen LogP contribution in [0.15, 0.2) is 4.60 Å². The molecule has 0 spiro atoms. The summed E-state index contributed by atoms with van der Waals surface area (Å²) >= 11 is 3.67. The van der Waals surface area contributed by atoms with Crippen molar-refractivity contribution in [2.75, 3.05) is 20.1 Å². The number of hydrogen-bond acceptors (Lipinski definition) is 2. The normalized spacial score (nSPS) is 26.3. The molecule has 1 atom stereocenters. The van der Waals surface area contributed by atoms with Crippen LogP contribution in [0.3, 0.4) is 0 Å². The summed E-state index contributed by atoms with van der Waals surface area (Å²) in [5, 5.41) is 0. The van der Waals surface area contributed by atoms with E-state index in [1.54, 1.807) is 0 Å². The van der Waals surface area contributed by atoms with Crippen LogP contribution in [0.4, 0.5) is 0 Å². The monoisotopic (exact) mass is 311 g/mol. The largest absolute Gasteiger partial charge is 0.328 e. The zero-order valence-corrected chi connectivity index (χ0v) is 12.9. The van der Waals surface area contributed by atoms with Crippen LogP contribution < -0.4 is 0 Å². The fourth-order valence-electron chi connectivity index (χ4n) is 3.42. The predicted octanol–water partition coefficient (Wildman–Crippen LogP) is 3.35. The molecule has 0 saturated carbocycles. The Bertz CT molecular complexity index is 432. The molecule has 0 N–H and O–H groups in total. The lowest BCUT2D eigenvalue weighted by atomic mass is 9.95. The first kappa shape index (κ1) is 12.7. The third-order valence-electron chi connectivity index (χ3n) is 4.55. The summed E-state index contributed by atoms with van der Waals surface area (Å²) in [5.41, 5.74) is 1.43. The van der Waals surface area contributed by atoms with Gasteiger partial charge in [-0.2, -0.15) is 0 Å². The van der Waals surface area contributed by atoms with Crippen molar-refractivity contribution in [1.29, 1.82) is 0 Å². The molecule has 4 heteroatoms. The molecular weight excluding hydrogens is 290 g/mol. The van der Waals surface area contributed by atoms with E-state index < -0.39 is 0 Å². The first-order valence-electron chi connectivity index (χ1n) is 7.12. The number of nitrogens with zero attached hydrogens (tertiary/aromatic N) is 3. The molecule has 3 nitrogen and oxygen atoms in total. The predicted molar refractivity (Wildman–Crippen MR) is 77.0 cm³/mol. The first-order valence-corrected chi connectivity index (χ1v) is 7.91. The quantitative estimate of drug-likeness (QED) is 0.793. The minimum Gasteiger partial charge on any atom is -0.328 e. The Kier molecular flexibility index (Phi) is 3.50. The molecule has 1 unspecified atom stereocenters. The van der Waals surface area contributed by atoms with Gasteiger partial charge in [0.25, 0.3) is 0 Å². The molecule has 0 amide bonds. The average molecular weight is 312 g/mol. The lowest BCUT2D eigenvalue weighted by molar-refractivity contribution is 0.245. The van der Waals surface area contributed by atoms with E-state index in [4.69, 9.17) is 4.98 Å². The van der Waals surface area contributed by atoms with E-state index in [-0.39, 0.29) is 0 Å². The molecule has 1 fully saturated rings. The van der Waals surface area contributed by atoms with Gasteiger partial charge in [-0.15, -0.1) is 0 Å². The van der Waals surface area contributed by atoms with E-state index in [0.717, 1.165) is 4.60 Å². The van der Waals surface area contributed by atoms with Crippen LogP contribution >= 0.6 is 15.9 Å². The highest BCUT2D eigenvalue weighted by molar-refractivity contribution is 9.10. The van der Waals surface area contributed by atoms with Gasteiger partial charge < -0.3 is 9.47 Å². The van der Waals surface area contributed by atoms with Gasteiger partial charge in [-0.25, -0.2) is 4.98 Å². The number of fused-ring (bicyclic) bond motifs is 1. The Morgan fingerprint density at radius 3 is 2.67 bits per heavy atom. The molecule has 0 radical (unpaired) electrons. The van der Waals surface area contributed by atoms with Crippen LogP contribution in [0, 0.1) is 0 Å². The summed E-state index contributed by atoms with van der Waals surface area (Å²) in [6, 6.07) is 0.627. The van der Waals surface area contributed by atoms with Gasteiger partial charge in [-0.05, 0) is 75.1 Å². The average Bonchev–Trinajstić information content (AvgIpc) is 2.70. The fourth-order valence-corrected chi connectivity index (χ4v) is 3.99. The Morgan fingerprint density at radius 2 is 1.94 bits per heavy atom. The van der Waals surface area contributed by atoms with Crippen molar-refractivity contribution < 1.29 is 0 Å². The second-order valence-corrected chi connectivity index (χ2v) is 6.65. The fraction of sp³-hybridized carbons (Fsp3) is 0.786. The van der Waals surface area contributed by atoms with E-state index in [2.05, 4.69) is 39.4 Å². The molecule has 3 rings (SSSR count). The van der Waals surface area contributed by atoms with Crippen LogP contribution in [-0.4, -0.2) is 34.6 Å². The van der Waals surface area contributed by atoms with Gasteiger partial charge in [0.1, 0.15) is 10.4 Å². The molecule has 1 aromatic heterocycles. The zero-order valence-electron chi connectivity index (χ0n) is 11.3. The molecule has 18 heavy (non-hydrogen) atoms. The summed E-state index contributed by atoms with van der Waals surface area (Å²) in [4.78, 5) is 7.28. The number of imidazole rings is 1. The van der Waals surface area contributed by atoms with Gasteiger partial charge >= 0.3 is 0 Å². The van der Waals surface area contributed by atoms with Crippen LogP contribution in [0.1, 0.15) is 56.1 Å².